The van der Waals surface area contributed by atoms with Crippen LogP contribution in [0.1, 0.15) is 48.9 Å². The van der Waals surface area contributed by atoms with Gasteiger partial charge in [-0.2, -0.15) is 0 Å². The number of anilines is 1. The Balaban J connectivity index is 1.73. The molecule has 0 atom stereocenters. The summed E-state index contributed by atoms with van der Waals surface area (Å²) in [7, 11) is 0. The first kappa shape index (κ1) is 13.9. The minimum absolute atomic E-state index is 0.338. The van der Waals surface area contributed by atoms with E-state index in [9.17, 15) is 4.79 Å². The molecule has 1 saturated heterocycles. The topological polar surface area (TPSA) is 40.5 Å². The molecule has 0 radical (unpaired) electrons. The Morgan fingerprint density at radius 3 is 2.35 bits per heavy atom. The van der Waals surface area contributed by atoms with Crippen LogP contribution in [0.5, 0.6) is 0 Å². The number of rotatable bonds is 2. The Kier molecular flexibility index (Phi) is 3.76. The standard InChI is InChI=1S/C16H20BrNO2/c17-13-11-12(15(19)20)3-4-14(13)18-9-7-16(8-10-18)5-1-2-6-16/h3-4,11H,1-2,5-10H2,(H,19,20). The van der Waals surface area contributed by atoms with Gasteiger partial charge in [0, 0.05) is 17.6 Å². The highest BCUT2D eigenvalue weighted by atomic mass is 79.9. The highest BCUT2D eigenvalue weighted by Crippen LogP contribution is 2.47. The maximum Gasteiger partial charge on any atom is 0.335 e. The van der Waals surface area contributed by atoms with E-state index in [0.717, 1.165) is 23.2 Å². The molecule has 0 aromatic heterocycles. The third-order valence-electron chi connectivity index (χ3n) is 5.02. The summed E-state index contributed by atoms with van der Waals surface area (Å²) in [6.07, 6.45) is 8.16. The third-order valence-corrected chi connectivity index (χ3v) is 5.66. The van der Waals surface area contributed by atoms with Crippen molar-refractivity contribution in [2.75, 3.05) is 18.0 Å². The van der Waals surface area contributed by atoms with Gasteiger partial charge in [0.25, 0.3) is 0 Å². The zero-order valence-corrected chi connectivity index (χ0v) is 13.2. The van der Waals surface area contributed by atoms with Crippen LogP contribution in [-0.4, -0.2) is 24.2 Å². The third kappa shape index (κ3) is 2.58. The number of halogens is 1. The molecule has 2 aliphatic rings. The molecular formula is C16H20BrNO2. The van der Waals surface area contributed by atoms with Crippen LogP contribution < -0.4 is 4.90 Å². The van der Waals surface area contributed by atoms with Crippen LogP contribution >= 0.6 is 15.9 Å². The molecule has 0 bridgehead atoms. The fourth-order valence-electron chi connectivity index (χ4n) is 3.74. The predicted molar refractivity (Wildman–Crippen MR) is 83.4 cm³/mol. The molecule has 3 rings (SSSR count). The minimum Gasteiger partial charge on any atom is -0.478 e. The van der Waals surface area contributed by atoms with Crippen LogP contribution in [0.3, 0.4) is 0 Å². The summed E-state index contributed by atoms with van der Waals surface area (Å²) in [5.41, 5.74) is 2.08. The number of piperidine rings is 1. The number of hydrogen-bond donors (Lipinski definition) is 1. The van der Waals surface area contributed by atoms with Gasteiger partial charge in [0.1, 0.15) is 0 Å². The lowest BCUT2D eigenvalue weighted by Gasteiger charge is -2.40. The van der Waals surface area contributed by atoms with Gasteiger partial charge in [0.15, 0.2) is 0 Å². The van der Waals surface area contributed by atoms with Crippen molar-refractivity contribution < 1.29 is 9.90 Å². The molecule has 108 valence electrons. The molecule has 1 heterocycles. The fraction of sp³-hybridized carbons (Fsp3) is 0.562. The van der Waals surface area contributed by atoms with Crippen molar-refractivity contribution in [3.05, 3.63) is 28.2 Å². The van der Waals surface area contributed by atoms with Crippen molar-refractivity contribution in [1.82, 2.24) is 0 Å². The van der Waals surface area contributed by atoms with Crippen molar-refractivity contribution in [1.29, 1.82) is 0 Å². The van der Waals surface area contributed by atoms with E-state index in [0.29, 0.717) is 11.0 Å². The van der Waals surface area contributed by atoms with Gasteiger partial charge >= 0.3 is 5.97 Å². The quantitative estimate of drug-likeness (QED) is 0.874. The summed E-state index contributed by atoms with van der Waals surface area (Å²) >= 11 is 3.52. The van der Waals surface area contributed by atoms with E-state index in [1.165, 1.54) is 38.5 Å². The summed E-state index contributed by atoms with van der Waals surface area (Å²) in [6.45, 7) is 2.18. The number of carboxylic acids is 1. The predicted octanol–water partition coefficient (Wildman–Crippen LogP) is 4.31. The average Bonchev–Trinajstić information content (AvgIpc) is 2.88. The lowest BCUT2D eigenvalue weighted by molar-refractivity contribution is 0.0697. The van der Waals surface area contributed by atoms with Crippen molar-refractivity contribution in [3.8, 4) is 0 Å². The Bertz CT molecular complexity index is 513. The van der Waals surface area contributed by atoms with E-state index in [2.05, 4.69) is 20.8 Å². The van der Waals surface area contributed by atoms with Gasteiger partial charge < -0.3 is 10.0 Å². The van der Waals surface area contributed by atoms with Crippen LogP contribution in [-0.2, 0) is 0 Å². The van der Waals surface area contributed by atoms with Crippen LogP contribution in [0.4, 0.5) is 5.69 Å². The second kappa shape index (κ2) is 5.40. The minimum atomic E-state index is -0.874. The van der Waals surface area contributed by atoms with Crippen molar-refractivity contribution in [2.45, 2.75) is 38.5 Å². The number of carbonyl (C=O) groups is 1. The van der Waals surface area contributed by atoms with Gasteiger partial charge in [0.05, 0.1) is 11.3 Å². The first-order chi connectivity index (χ1) is 9.60. The second-order valence-electron chi connectivity index (χ2n) is 6.17. The fourth-order valence-corrected chi connectivity index (χ4v) is 4.37. The Hall–Kier alpha value is -1.03. The zero-order valence-electron chi connectivity index (χ0n) is 11.6. The maximum atomic E-state index is 11.0. The molecule has 3 nitrogen and oxygen atoms in total. The van der Waals surface area contributed by atoms with Gasteiger partial charge in [0.2, 0.25) is 0 Å². The monoisotopic (exact) mass is 337 g/mol. The largest absolute Gasteiger partial charge is 0.478 e. The highest BCUT2D eigenvalue weighted by Gasteiger charge is 2.37. The van der Waals surface area contributed by atoms with E-state index in [-0.39, 0.29) is 0 Å². The lowest BCUT2D eigenvalue weighted by atomic mass is 9.77. The Labute approximate surface area is 128 Å². The Morgan fingerprint density at radius 1 is 1.15 bits per heavy atom. The van der Waals surface area contributed by atoms with Gasteiger partial charge in [-0.1, -0.05) is 12.8 Å². The smallest absolute Gasteiger partial charge is 0.335 e. The maximum absolute atomic E-state index is 11.0. The van der Waals surface area contributed by atoms with Gasteiger partial charge in [-0.05, 0) is 65.2 Å². The van der Waals surface area contributed by atoms with Crippen molar-refractivity contribution in [2.24, 2.45) is 5.41 Å². The van der Waals surface area contributed by atoms with E-state index in [1.807, 2.05) is 6.07 Å². The first-order valence-corrected chi connectivity index (χ1v) is 8.17. The van der Waals surface area contributed by atoms with Crippen LogP contribution in [0.15, 0.2) is 22.7 Å². The molecule has 1 aliphatic heterocycles. The second-order valence-corrected chi connectivity index (χ2v) is 7.02. The molecule has 0 unspecified atom stereocenters. The molecule has 1 spiro atoms. The van der Waals surface area contributed by atoms with E-state index in [1.54, 1.807) is 12.1 Å². The van der Waals surface area contributed by atoms with E-state index in [4.69, 9.17) is 5.11 Å². The Morgan fingerprint density at radius 2 is 1.80 bits per heavy atom. The molecule has 1 saturated carbocycles. The number of hydrogen-bond acceptors (Lipinski definition) is 2. The number of aromatic carboxylic acids is 1. The van der Waals surface area contributed by atoms with Crippen molar-refractivity contribution in [3.63, 3.8) is 0 Å². The first-order valence-electron chi connectivity index (χ1n) is 7.38. The average molecular weight is 338 g/mol. The summed E-state index contributed by atoms with van der Waals surface area (Å²) in [5.74, 6) is -0.874. The summed E-state index contributed by atoms with van der Waals surface area (Å²) < 4.78 is 0.889. The van der Waals surface area contributed by atoms with Gasteiger partial charge in [-0.15, -0.1) is 0 Å². The van der Waals surface area contributed by atoms with Crippen molar-refractivity contribution >= 4 is 27.6 Å². The molecule has 0 amide bonds. The molecule has 4 heteroatoms. The molecule has 1 aromatic rings. The van der Waals surface area contributed by atoms with Crippen LogP contribution in [0, 0.1) is 5.41 Å². The molecule has 1 aliphatic carbocycles. The zero-order chi connectivity index (χ0) is 14.2. The highest BCUT2D eigenvalue weighted by molar-refractivity contribution is 9.10. The van der Waals surface area contributed by atoms with Crippen LogP contribution in [0.25, 0.3) is 0 Å². The van der Waals surface area contributed by atoms with Gasteiger partial charge in [-0.3, -0.25) is 0 Å². The summed E-state index contributed by atoms with van der Waals surface area (Å²) in [5, 5.41) is 9.02. The summed E-state index contributed by atoms with van der Waals surface area (Å²) in [4.78, 5) is 13.4. The van der Waals surface area contributed by atoms with Crippen LogP contribution in [0.2, 0.25) is 0 Å². The molecule has 2 fully saturated rings. The molecule has 1 N–H and O–H groups in total. The normalized spacial score (nSPS) is 21.4. The van der Waals surface area contributed by atoms with Gasteiger partial charge in [-0.25, -0.2) is 4.79 Å². The molecule has 1 aromatic carbocycles. The van der Waals surface area contributed by atoms with E-state index >= 15 is 0 Å². The van der Waals surface area contributed by atoms with E-state index < -0.39 is 5.97 Å². The SMILES string of the molecule is O=C(O)c1ccc(N2CCC3(CCCC3)CC2)c(Br)c1. The number of benzene rings is 1. The molecular weight excluding hydrogens is 318 g/mol. The molecule has 20 heavy (non-hydrogen) atoms. The number of nitrogens with zero attached hydrogens (tertiary/aromatic N) is 1. The lowest BCUT2D eigenvalue weighted by Crippen LogP contribution is -2.39. The number of carboxylic acid groups (broad SMARTS) is 1. The summed E-state index contributed by atoms with van der Waals surface area (Å²) in [6, 6.07) is 5.33.